The minimum absolute atomic E-state index is 0. The van der Waals surface area contributed by atoms with Crippen LogP contribution in [0.15, 0.2) is 49.1 Å². The van der Waals surface area contributed by atoms with Crippen molar-refractivity contribution >= 4 is 35.7 Å². The van der Waals surface area contributed by atoms with Crippen molar-refractivity contribution in [2.75, 3.05) is 0 Å². The summed E-state index contributed by atoms with van der Waals surface area (Å²) < 4.78 is 0. The van der Waals surface area contributed by atoms with Crippen LogP contribution in [0.4, 0.5) is 0 Å². The third kappa shape index (κ3) is 112. The summed E-state index contributed by atoms with van der Waals surface area (Å²) in [5, 5.41) is 50.2. The van der Waals surface area contributed by atoms with E-state index in [9.17, 15) is 9.59 Å². The van der Waals surface area contributed by atoms with E-state index in [2.05, 4.69) is 9.97 Å². The minimum atomic E-state index is -1.08. The van der Waals surface area contributed by atoms with Crippen molar-refractivity contribution in [2.45, 2.75) is 41.5 Å². The largest absolute Gasteiger partial charge is 2.00 e. The number of amides is 2. The van der Waals surface area contributed by atoms with Gasteiger partial charge in [0.15, 0.2) is 0 Å². The van der Waals surface area contributed by atoms with Crippen molar-refractivity contribution in [2.24, 2.45) is 11.5 Å². The van der Waals surface area contributed by atoms with Gasteiger partial charge in [0.1, 0.15) is 0 Å². The molecule has 2 aromatic rings. The minimum Gasteiger partial charge on any atom is -0.550 e. The van der Waals surface area contributed by atoms with Crippen LogP contribution < -0.4 is 31.9 Å². The third-order valence-electron chi connectivity index (χ3n) is 1.93. The fraction of sp³-hybridized carbons (Fsp3) is 0.250. The van der Waals surface area contributed by atoms with Crippen LogP contribution in [0.25, 0.3) is 0 Å². The number of nitriles is 2. The van der Waals surface area contributed by atoms with Gasteiger partial charge in [0, 0.05) is 73.6 Å². The van der Waals surface area contributed by atoms with E-state index in [1.165, 1.54) is 38.6 Å². The molecule has 4 N–H and O–H groups in total. The van der Waals surface area contributed by atoms with Crippen LogP contribution in [0.2, 0.25) is 0 Å². The topological polar surface area (TPSA) is 320 Å². The summed E-state index contributed by atoms with van der Waals surface area (Å²) in [5.74, 6) is -5.17. The van der Waals surface area contributed by atoms with Crippen LogP contribution in [-0.4, -0.2) is 45.7 Å². The van der Waals surface area contributed by atoms with E-state index in [4.69, 9.17) is 61.6 Å². The summed E-state index contributed by atoms with van der Waals surface area (Å²) >= 11 is 0. The summed E-state index contributed by atoms with van der Waals surface area (Å²) in [5.41, 5.74) is 10.9. The summed E-state index contributed by atoms with van der Waals surface area (Å²) in [7, 11) is 0. The Morgan fingerprint density at radius 2 is 0.690 bits per heavy atom. The molecule has 0 fully saturated rings. The van der Waals surface area contributed by atoms with Crippen LogP contribution >= 0.6 is 0 Å². The molecule has 0 aliphatic rings. The van der Waals surface area contributed by atoms with Crippen molar-refractivity contribution in [3.8, 4) is 12.1 Å². The molecule has 0 aliphatic heterocycles. The Balaban J connectivity index is -0.0000000546. The van der Waals surface area contributed by atoms with Gasteiger partial charge in [-0.15, -0.1) is 0 Å². The molecule has 2 amide bonds. The van der Waals surface area contributed by atoms with Gasteiger partial charge in [0.25, 0.3) is 0 Å². The number of aliphatic carboxylic acids is 4. The first-order chi connectivity index (χ1) is 18.4. The number of carbonyl (C=O) groups is 6. The number of carboxylic acids is 4. The molecule has 2 aromatic heterocycles. The molecule has 18 heteroatoms. The zero-order chi connectivity index (χ0) is 33.1. The Kier molecular flexibility index (Phi) is 62.6. The van der Waals surface area contributed by atoms with Gasteiger partial charge in [-0.3, -0.25) is 19.6 Å². The Labute approximate surface area is 264 Å². The monoisotopic (exact) mass is 688 g/mol. The predicted molar refractivity (Wildman–Crippen MR) is 131 cm³/mol. The molecule has 0 aromatic carbocycles. The molecule has 2 rings (SSSR count). The van der Waals surface area contributed by atoms with Gasteiger partial charge < -0.3 is 51.1 Å². The number of hydrogen-bond donors (Lipinski definition) is 2. The third-order valence-corrected chi connectivity index (χ3v) is 1.93. The quantitative estimate of drug-likeness (QED) is 0.288. The average molecular weight is 690 g/mol. The van der Waals surface area contributed by atoms with E-state index < -0.39 is 35.7 Å². The van der Waals surface area contributed by atoms with Gasteiger partial charge in [-0.05, 0) is 52.0 Å². The molecule has 0 saturated carbocycles. The number of hydrogen-bond acceptors (Lipinski definition) is 14. The number of primary amides is 2. The molecular weight excluding hydrogens is 659 g/mol. The smallest absolute Gasteiger partial charge is 0.550 e. The summed E-state index contributed by atoms with van der Waals surface area (Å²) in [4.78, 5) is 63.8. The van der Waals surface area contributed by atoms with E-state index in [0.29, 0.717) is 11.1 Å². The van der Waals surface area contributed by atoms with Gasteiger partial charge in [0.05, 0.1) is 12.1 Å². The molecular formula is C24H30Cu2N6O10. The maximum atomic E-state index is 10.4. The van der Waals surface area contributed by atoms with Crippen LogP contribution in [-0.2, 0) is 53.3 Å². The second-order valence-electron chi connectivity index (χ2n) is 5.61. The molecule has 0 spiro atoms. The molecule has 0 atom stereocenters. The number of nitrogens with zero attached hydrogens (tertiary/aromatic N) is 4. The van der Waals surface area contributed by atoms with Crippen LogP contribution in [0, 0.1) is 22.7 Å². The first-order valence-electron chi connectivity index (χ1n) is 10.1. The van der Waals surface area contributed by atoms with Crippen molar-refractivity contribution in [1.29, 1.82) is 10.5 Å². The second kappa shape index (κ2) is 46.0. The zero-order valence-corrected chi connectivity index (χ0v) is 25.1. The number of aromatic nitrogens is 2. The molecule has 238 valence electrons. The number of pyridine rings is 2. The van der Waals surface area contributed by atoms with Crippen LogP contribution in [0.1, 0.15) is 62.3 Å². The normalized spacial score (nSPS) is 6.57. The van der Waals surface area contributed by atoms with Gasteiger partial charge in [-0.2, -0.15) is 10.5 Å². The van der Waals surface area contributed by atoms with Crippen molar-refractivity contribution in [3.05, 3.63) is 60.2 Å². The molecule has 0 unspecified atom stereocenters. The molecule has 0 aliphatic carbocycles. The van der Waals surface area contributed by atoms with E-state index in [-0.39, 0.29) is 34.1 Å². The molecule has 2 radical (unpaired) electrons. The molecule has 0 bridgehead atoms. The number of carboxylic acid groups (broad SMARTS) is 4. The molecule has 0 saturated heterocycles. The maximum absolute atomic E-state index is 10.4. The second-order valence-corrected chi connectivity index (χ2v) is 5.61. The first-order valence-corrected chi connectivity index (χ1v) is 10.1. The Morgan fingerprint density at radius 1 is 0.571 bits per heavy atom. The van der Waals surface area contributed by atoms with Gasteiger partial charge in [-0.1, -0.05) is 0 Å². The Bertz CT molecular complexity index is 937. The van der Waals surface area contributed by atoms with Gasteiger partial charge in [0.2, 0.25) is 11.8 Å². The molecule has 2 heterocycles. The fourth-order valence-electron chi connectivity index (χ4n) is 1.03. The van der Waals surface area contributed by atoms with Crippen molar-refractivity contribution in [1.82, 2.24) is 9.97 Å². The standard InChI is InChI=1S/2C6H6N2O.2C2H3N.4C2H4O2.2Cu/c2*7-6(9)5-1-3-8-4-2-5;2*1-2-3;4*1-2(3)4;;/h2*1-4H,(H2,7,9);2*1H3;4*1H3,(H,3,4);;/q;;;;;;;;2*+2/p-4. The number of nitrogens with two attached hydrogens (primary N) is 2. The fourth-order valence-corrected chi connectivity index (χ4v) is 1.03. The summed E-state index contributed by atoms with van der Waals surface area (Å²) in [6, 6.07) is 9.79. The van der Waals surface area contributed by atoms with E-state index >= 15 is 0 Å². The maximum Gasteiger partial charge on any atom is 2.00 e. The number of carbonyl (C=O) groups excluding carboxylic acids is 6. The zero-order valence-electron chi connectivity index (χ0n) is 23.2. The van der Waals surface area contributed by atoms with Crippen molar-refractivity contribution < 1.29 is 83.3 Å². The van der Waals surface area contributed by atoms with E-state index in [1.54, 1.807) is 36.4 Å². The van der Waals surface area contributed by atoms with E-state index in [1.807, 2.05) is 0 Å². The molecule has 42 heavy (non-hydrogen) atoms. The Morgan fingerprint density at radius 3 is 0.762 bits per heavy atom. The van der Waals surface area contributed by atoms with Gasteiger partial charge >= 0.3 is 34.1 Å². The predicted octanol–water partition coefficient (Wildman–Crippen LogP) is -3.56. The molecule has 16 nitrogen and oxygen atoms in total. The average Bonchev–Trinajstić information content (AvgIpc) is 2.80. The summed E-state index contributed by atoms with van der Waals surface area (Å²) in [6.45, 7) is 6.75. The number of rotatable bonds is 2. The first kappa shape index (κ1) is 57.1. The van der Waals surface area contributed by atoms with Gasteiger partial charge in [-0.25, -0.2) is 0 Å². The SMILES string of the molecule is CC#N.CC#N.CC(=O)[O-].CC(=O)[O-].CC(=O)[O-].CC(=O)[O-].NC(=O)c1ccncc1.NC(=O)c1ccncc1.[Cu+2].[Cu+2]. The van der Waals surface area contributed by atoms with Crippen molar-refractivity contribution in [3.63, 3.8) is 0 Å². The summed E-state index contributed by atoms with van der Waals surface area (Å²) in [6.07, 6.45) is 6.11. The van der Waals surface area contributed by atoms with Crippen LogP contribution in [0.3, 0.4) is 0 Å². The Hall–Kier alpha value is -4.86. The van der Waals surface area contributed by atoms with Crippen LogP contribution in [0.5, 0.6) is 0 Å². The van der Waals surface area contributed by atoms with E-state index in [0.717, 1.165) is 27.7 Å².